The summed E-state index contributed by atoms with van der Waals surface area (Å²) in [6.07, 6.45) is 0.437. The topological polar surface area (TPSA) is 41.6 Å². The van der Waals surface area contributed by atoms with E-state index in [1.165, 1.54) is 12.7 Å². The summed E-state index contributed by atoms with van der Waals surface area (Å²) in [5.74, 6) is -0.147. The van der Waals surface area contributed by atoms with E-state index < -0.39 is 0 Å². The number of carbonyl (C=O) groups excluding carboxylic acids is 1. The fourth-order valence-corrected chi connectivity index (χ4v) is 2.66. The Bertz CT molecular complexity index is 408. The van der Waals surface area contributed by atoms with Gasteiger partial charge in [-0.25, -0.2) is 0 Å². The summed E-state index contributed by atoms with van der Waals surface area (Å²) in [4.78, 5) is 13.8. The van der Waals surface area contributed by atoms with Crippen molar-refractivity contribution in [2.24, 2.45) is 0 Å². The number of piperazine rings is 1. The number of methoxy groups -OCH3 is 1. The van der Waals surface area contributed by atoms with Crippen molar-refractivity contribution in [2.75, 3.05) is 20.2 Å². The van der Waals surface area contributed by atoms with Gasteiger partial charge < -0.3 is 10.1 Å². The zero-order valence-electron chi connectivity index (χ0n) is 11.6. The molecular formula is C15H22N2O2. The third-order valence-corrected chi connectivity index (χ3v) is 3.42. The van der Waals surface area contributed by atoms with E-state index in [1.54, 1.807) is 0 Å². The minimum absolute atomic E-state index is 0.147. The van der Waals surface area contributed by atoms with Gasteiger partial charge in [0.1, 0.15) is 0 Å². The second kappa shape index (κ2) is 6.68. The quantitative estimate of drug-likeness (QED) is 0.833. The van der Waals surface area contributed by atoms with Crippen LogP contribution in [0.3, 0.4) is 0 Å². The fraction of sp³-hybridized carbons (Fsp3) is 0.533. The lowest BCUT2D eigenvalue weighted by atomic mass is 10.1. The second-order valence-electron chi connectivity index (χ2n) is 5.22. The number of nitrogens with zero attached hydrogens (tertiary/aromatic N) is 1. The zero-order chi connectivity index (χ0) is 13.7. The van der Waals surface area contributed by atoms with Crippen LogP contribution in [-0.2, 0) is 16.1 Å². The highest BCUT2D eigenvalue weighted by molar-refractivity contribution is 5.70. The average Bonchev–Trinajstić information content (AvgIpc) is 2.39. The first-order valence-corrected chi connectivity index (χ1v) is 6.76. The summed E-state index contributed by atoms with van der Waals surface area (Å²) in [5, 5.41) is 3.45. The van der Waals surface area contributed by atoms with Crippen LogP contribution in [0, 0.1) is 0 Å². The Morgan fingerprint density at radius 1 is 1.37 bits per heavy atom. The molecule has 0 aliphatic carbocycles. The van der Waals surface area contributed by atoms with Crippen molar-refractivity contribution in [3.63, 3.8) is 0 Å². The molecule has 0 bridgehead atoms. The zero-order valence-corrected chi connectivity index (χ0v) is 11.6. The van der Waals surface area contributed by atoms with Crippen LogP contribution in [0.1, 0.15) is 18.9 Å². The molecule has 19 heavy (non-hydrogen) atoms. The number of hydrogen-bond acceptors (Lipinski definition) is 4. The molecule has 1 aliphatic rings. The van der Waals surface area contributed by atoms with Gasteiger partial charge in [0, 0.05) is 31.7 Å². The van der Waals surface area contributed by atoms with Crippen LogP contribution in [0.4, 0.5) is 0 Å². The number of rotatable bonds is 4. The number of esters is 1. The van der Waals surface area contributed by atoms with Crippen LogP contribution in [0.2, 0.25) is 0 Å². The van der Waals surface area contributed by atoms with Crippen molar-refractivity contribution >= 4 is 5.97 Å². The van der Waals surface area contributed by atoms with Crippen molar-refractivity contribution in [3.05, 3.63) is 35.9 Å². The maximum atomic E-state index is 11.4. The van der Waals surface area contributed by atoms with Crippen molar-refractivity contribution in [2.45, 2.75) is 32.0 Å². The number of carbonyl (C=O) groups is 1. The first-order valence-electron chi connectivity index (χ1n) is 6.76. The van der Waals surface area contributed by atoms with Crippen LogP contribution in [0.5, 0.6) is 0 Å². The van der Waals surface area contributed by atoms with Gasteiger partial charge in [-0.05, 0) is 12.5 Å². The maximum absolute atomic E-state index is 11.4. The Hall–Kier alpha value is -1.39. The summed E-state index contributed by atoms with van der Waals surface area (Å²) in [6, 6.07) is 11.0. The first-order chi connectivity index (χ1) is 9.17. The standard InChI is InChI=1S/C15H22N2O2/c1-12-9-17(10-13-6-4-3-5-7-13)11-14(16-12)8-15(18)19-2/h3-7,12,14,16H,8-11H2,1-2H3/t12-,14?/m1/s1. The van der Waals surface area contributed by atoms with Gasteiger partial charge >= 0.3 is 5.97 Å². The summed E-state index contributed by atoms with van der Waals surface area (Å²) in [6.45, 7) is 4.98. The lowest BCUT2D eigenvalue weighted by molar-refractivity contribution is -0.141. The van der Waals surface area contributed by atoms with Crippen molar-refractivity contribution in [1.29, 1.82) is 0 Å². The van der Waals surface area contributed by atoms with E-state index in [4.69, 9.17) is 4.74 Å². The van der Waals surface area contributed by atoms with E-state index in [2.05, 4.69) is 41.4 Å². The fourth-order valence-electron chi connectivity index (χ4n) is 2.66. The van der Waals surface area contributed by atoms with Gasteiger partial charge in [0.2, 0.25) is 0 Å². The molecule has 0 spiro atoms. The Balaban J connectivity index is 1.92. The molecule has 1 aromatic carbocycles. The van der Waals surface area contributed by atoms with Crippen molar-refractivity contribution in [1.82, 2.24) is 10.2 Å². The van der Waals surface area contributed by atoms with E-state index in [1.807, 2.05) is 6.07 Å². The van der Waals surface area contributed by atoms with E-state index in [0.717, 1.165) is 19.6 Å². The van der Waals surface area contributed by atoms with Gasteiger partial charge in [-0.15, -0.1) is 0 Å². The van der Waals surface area contributed by atoms with Gasteiger partial charge in [0.15, 0.2) is 0 Å². The molecule has 0 saturated carbocycles. The summed E-state index contributed by atoms with van der Waals surface area (Å²) in [7, 11) is 1.44. The van der Waals surface area contributed by atoms with Gasteiger partial charge in [-0.3, -0.25) is 9.69 Å². The SMILES string of the molecule is COC(=O)CC1CN(Cc2ccccc2)C[C@@H](C)N1. The largest absolute Gasteiger partial charge is 0.469 e. The van der Waals surface area contributed by atoms with Crippen LogP contribution in [0.25, 0.3) is 0 Å². The molecule has 0 aromatic heterocycles. The van der Waals surface area contributed by atoms with Gasteiger partial charge in [0.25, 0.3) is 0 Å². The molecule has 1 saturated heterocycles. The minimum Gasteiger partial charge on any atom is -0.469 e. The van der Waals surface area contributed by atoms with E-state index in [-0.39, 0.29) is 12.0 Å². The van der Waals surface area contributed by atoms with Gasteiger partial charge in [0.05, 0.1) is 13.5 Å². The predicted octanol–water partition coefficient (Wildman–Crippen LogP) is 1.41. The van der Waals surface area contributed by atoms with E-state index in [0.29, 0.717) is 12.5 Å². The van der Waals surface area contributed by atoms with Crippen molar-refractivity contribution < 1.29 is 9.53 Å². The highest BCUT2D eigenvalue weighted by Crippen LogP contribution is 2.12. The third-order valence-electron chi connectivity index (χ3n) is 3.42. The molecule has 4 nitrogen and oxygen atoms in total. The normalized spacial score (nSPS) is 24.1. The smallest absolute Gasteiger partial charge is 0.307 e. The van der Waals surface area contributed by atoms with Crippen LogP contribution in [-0.4, -0.2) is 43.2 Å². The van der Waals surface area contributed by atoms with E-state index >= 15 is 0 Å². The molecule has 1 fully saturated rings. The third kappa shape index (κ3) is 4.33. The predicted molar refractivity (Wildman–Crippen MR) is 74.7 cm³/mol. The molecule has 1 aromatic rings. The Labute approximate surface area is 114 Å². The number of ether oxygens (including phenoxy) is 1. The molecule has 0 amide bonds. The van der Waals surface area contributed by atoms with Crippen LogP contribution in [0.15, 0.2) is 30.3 Å². The molecule has 0 radical (unpaired) electrons. The monoisotopic (exact) mass is 262 g/mol. The Morgan fingerprint density at radius 3 is 2.79 bits per heavy atom. The molecular weight excluding hydrogens is 240 g/mol. The molecule has 1 unspecified atom stereocenters. The molecule has 104 valence electrons. The summed E-state index contributed by atoms with van der Waals surface area (Å²) >= 11 is 0. The first kappa shape index (κ1) is 14.0. The summed E-state index contributed by atoms with van der Waals surface area (Å²) in [5.41, 5.74) is 1.31. The van der Waals surface area contributed by atoms with E-state index in [9.17, 15) is 4.79 Å². The molecule has 1 N–H and O–H groups in total. The highest BCUT2D eigenvalue weighted by Gasteiger charge is 2.25. The van der Waals surface area contributed by atoms with Crippen molar-refractivity contribution in [3.8, 4) is 0 Å². The van der Waals surface area contributed by atoms with Crippen LogP contribution < -0.4 is 5.32 Å². The molecule has 1 heterocycles. The summed E-state index contributed by atoms with van der Waals surface area (Å²) < 4.78 is 4.74. The van der Waals surface area contributed by atoms with Crippen LogP contribution >= 0.6 is 0 Å². The number of nitrogens with one attached hydrogen (secondary N) is 1. The molecule has 2 atom stereocenters. The molecule has 4 heteroatoms. The number of hydrogen-bond donors (Lipinski definition) is 1. The lowest BCUT2D eigenvalue weighted by Gasteiger charge is -2.37. The minimum atomic E-state index is -0.147. The maximum Gasteiger partial charge on any atom is 0.307 e. The average molecular weight is 262 g/mol. The Kier molecular flexibility index (Phi) is 4.93. The molecule has 2 rings (SSSR count). The molecule has 1 aliphatic heterocycles. The number of benzene rings is 1. The van der Waals surface area contributed by atoms with Gasteiger partial charge in [-0.1, -0.05) is 30.3 Å². The Morgan fingerprint density at radius 2 is 2.11 bits per heavy atom. The van der Waals surface area contributed by atoms with Gasteiger partial charge in [-0.2, -0.15) is 0 Å². The lowest BCUT2D eigenvalue weighted by Crippen LogP contribution is -2.55. The highest BCUT2D eigenvalue weighted by atomic mass is 16.5. The second-order valence-corrected chi connectivity index (χ2v) is 5.22.